The molecule has 94 valence electrons. The van der Waals surface area contributed by atoms with E-state index in [4.69, 9.17) is 17.4 Å². The molecule has 4 heteroatoms. The topological polar surface area (TPSA) is 50.9 Å². The highest BCUT2D eigenvalue weighted by atomic mass is 35.5. The van der Waals surface area contributed by atoms with Crippen LogP contribution in [0.15, 0.2) is 42.6 Å². The van der Waals surface area contributed by atoms with Crippen LogP contribution in [-0.4, -0.2) is 4.98 Å². The highest BCUT2D eigenvalue weighted by molar-refractivity contribution is 6.29. The normalized spacial score (nSPS) is 12.4. The Morgan fingerprint density at radius 3 is 2.61 bits per heavy atom. The highest BCUT2D eigenvalue weighted by Gasteiger charge is 2.11. The molecule has 1 heterocycles. The summed E-state index contributed by atoms with van der Waals surface area (Å²) >= 11 is 5.89. The maximum absolute atomic E-state index is 5.89. The third-order valence-electron chi connectivity index (χ3n) is 2.91. The van der Waals surface area contributed by atoms with Gasteiger partial charge in [0.1, 0.15) is 5.15 Å². The third-order valence-corrected chi connectivity index (χ3v) is 3.12. The van der Waals surface area contributed by atoms with Crippen LogP contribution in [0.1, 0.15) is 22.7 Å². The zero-order valence-electron chi connectivity index (χ0n) is 10.2. The van der Waals surface area contributed by atoms with E-state index in [-0.39, 0.29) is 6.04 Å². The van der Waals surface area contributed by atoms with Gasteiger partial charge in [-0.1, -0.05) is 41.4 Å². The van der Waals surface area contributed by atoms with E-state index in [1.165, 1.54) is 11.1 Å². The van der Waals surface area contributed by atoms with Crippen LogP contribution in [0.4, 0.5) is 0 Å². The molecule has 0 saturated carbocycles. The van der Waals surface area contributed by atoms with Crippen LogP contribution in [-0.2, 0) is 6.42 Å². The maximum atomic E-state index is 5.89. The first-order valence-electron chi connectivity index (χ1n) is 5.82. The number of halogens is 1. The average molecular weight is 262 g/mol. The van der Waals surface area contributed by atoms with Gasteiger partial charge in [-0.25, -0.2) is 4.98 Å². The molecule has 0 fully saturated rings. The van der Waals surface area contributed by atoms with Crippen molar-refractivity contribution in [3.05, 3.63) is 64.4 Å². The Bertz CT molecular complexity index is 511. The van der Waals surface area contributed by atoms with Crippen LogP contribution in [0.3, 0.4) is 0 Å². The minimum absolute atomic E-state index is 0.0354. The molecule has 2 rings (SSSR count). The summed E-state index contributed by atoms with van der Waals surface area (Å²) in [5.74, 6) is 5.62. The van der Waals surface area contributed by atoms with Gasteiger partial charge in [-0.2, -0.15) is 0 Å². The summed E-state index contributed by atoms with van der Waals surface area (Å²) in [7, 11) is 0. The predicted octanol–water partition coefficient (Wildman–Crippen LogP) is 2.79. The zero-order chi connectivity index (χ0) is 13.0. The molecular weight excluding hydrogens is 246 g/mol. The quantitative estimate of drug-likeness (QED) is 0.506. The van der Waals surface area contributed by atoms with Crippen LogP contribution in [0, 0.1) is 6.92 Å². The second kappa shape index (κ2) is 5.96. The number of hydrogen-bond donors (Lipinski definition) is 2. The summed E-state index contributed by atoms with van der Waals surface area (Å²) in [6.45, 7) is 2.07. The van der Waals surface area contributed by atoms with Gasteiger partial charge in [0.05, 0.1) is 6.04 Å². The lowest BCUT2D eigenvalue weighted by Crippen LogP contribution is -2.29. The van der Waals surface area contributed by atoms with Crippen LogP contribution in [0.2, 0.25) is 5.15 Å². The number of aromatic nitrogens is 1. The highest BCUT2D eigenvalue weighted by Crippen LogP contribution is 2.19. The Hall–Kier alpha value is -1.42. The molecule has 1 aromatic carbocycles. The fourth-order valence-corrected chi connectivity index (χ4v) is 2.05. The summed E-state index contributed by atoms with van der Waals surface area (Å²) < 4.78 is 0. The molecule has 0 aliphatic rings. The van der Waals surface area contributed by atoms with Gasteiger partial charge in [-0.3, -0.25) is 11.3 Å². The second-order valence-electron chi connectivity index (χ2n) is 4.32. The Balaban J connectivity index is 2.17. The molecule has 1 unspecified atom stereocenters. The fourth-order valence-electron chi connectivity index (χ4n) is 1.87. The van der Waals surface area contributed by atoms with Gasteiger partial charge in [0.15, 0.2) is 0 Å². The first kappa shape index (κ1) is 13.0. The number of nitrogens with zero attached hydrogens (tertiary/aromatic N) is 1. The lowest BCUT2D eigenvalue weighted by molar-refractivity contribution is 0.551. The second-order valence-corrected chi connectivity index (χ2v) is 4.71. The molecule has 0 aliphatic heterocycles. The van der Waals surface area contributed by atoms with E-state index in [2.05, 4.69) is 41.6 Å². The van der Waals surface area contributed by atoms with Crippen molar-refractivity contribution in [1.82, 2.24) is 10.4 Å². The van der Waals surface area contributed by atoms with E-state index in [1.807, 2.05) is 12.1 Å². The Kier molecular flexibility index (Phi) is 4.31. The fraction of sp³-hybridized carbons (Fsp3) is 0.214. The molecule has 18 heavy (non-hydrogen) atoms. The van der Waals surface area contributed by atoms with Gasteiger partial charge < -0.3 is 0 Å². The Labute approximate surface area is 112 Å². The van der Waals surface area contributed by atoms with Crippen LogP contribution < -0.4 is 11.3 Å². The molecule has 1 atom stereocenters. The number of nitrogens with two attached hydrogens (primary N) is 1. The van der Waals surface area contributed by atoms with Gasteiger partial charge in [0, 0.05) is 6.20 Å². The molecule has 3 nitrogen and oxygen atoms in total. The lowest BCUT2D eigenvalue weighted by atomic mass is 10.00. The van der Waals surface area contributed by atoms with Crippen molar-refractivity contribution >= 4 is 11.6 Å². The third kappa shape index (κ3) is 3.29. The summed E-state index contributed by atoms with van der Waals surface area (Å²) in [6.07, 6.45) is 2.51. The molecule has 0 bridgehead atoms. The van der Waals surface area contributed by atoms with Gasteiger partial charge >= 0.3 is 0 Å². The number of rotatable bonds is 4. The average Bonchev–Trinajstić information content (AvgIpc) is 2.38. The monoisotopic (exact) mass is 261 g/mol. The van der Waals surface area contributed by atoms with Crippen LogP contribution in [0.5, 0.6) is 0 Å². The van der Waals surface area contributed by atoms with E-state index in [1.54, 1.807) is 6.20 Å². The molecule has 0 radical (unpaired) electrons. The van der Waals surface area contributed by atoms with Crippen molar-refractivity contribution in [2.75, 3.05) is 0 Å². The van der Waals surface area contributed by atoms with Crippen molar-refractivity contribution in [2.45, 2.75) is 19.4 Å². The van der Waals surface area contributed by atoms with Crippen molar-refractivity contribution in [3.63, 3.8) is 0 Å². The van der Waals surface area contributed by atoms with E-state index >= 15 is 0 Å². The minimum atomic E-state index is 0.0354. The lowest BCUT2D eigenvalue weighted by Gasteiger charge is -2.16. The van der Waals surface area contributed by atoms with Gasteiger partial charge in [0.2, 0.25) is 0 Å². The Morgan fingerprint density at radius 2 is 2.00 bits per heavy atom. The molecule has 0 spiro atoms. The minimum Gasteiger partial charge on any atom is -0.271 e. The maximum Gasteiger partial charge on any atom is 0.129 e. The summed E-state index contributed by atoms with van der Waals surface area (Å²) in [6, 6.07) is 12.2. The van der Waals surface area contributed by atoms with Gasteiger partial charge in [0.25, 0.3) is 0 Å². The smallest absolute Gasteiger partial charge is 0.129 e. The number of hydrazine groups is 1. The first-order valence-corrected chi connectivity index (χ1v) is 6.20. The first-order chi connectivity index (χ1) is 8.69. The summed E-state index contributed by atoms with van der Waals surface area (Å²) in [5.41, 5.74) is 6.35. The number of nitrogens with one attached hydrogen (secondary N) is 1. The number of pyridine rings is 1. The van der Waals surface area contributed by atoms with Crippen LogP contribution in [0.25, 0.3) is 0 Å². The van der Waals surface area contributed by atoms with Gasteiger partial charge in [-0.05, 0) is 36.6 Å². The zero-order valence-corrected chi connectivity index (χ0v) is 11.0. The molecule has 2 aromatic rings. The molecule has 0 amide bonds. The van der Waals surface area contributed by atoms with Crippen molar-refractivity contribution in [1.29, 1.82) is 0 Å². The van der Waals surface area contributed by atoms with E-state index < -0.39 is 0 Å². The van der Waals surface area contributed by atoms with E-state index in [0.29, 0.717) is 5.15 Å². The Morgan fingerprint density at radius 1 is 1.28 bits per heavy atom. The SMILES string of the molecule is Cc1ccc(CC(NN)c2ccnc(Cl)c2)cc1. The molecule has 3 N–H and O–H groups in total. The summed E-state index contributed by atoms with van der Waals surface area (Å²) in [5, 5.41) is 0.483. The number of benzene rings is 1. The van der Waals surface area contributed by atoms with E-state index in [0.717, 1.165) is 12.0 Å². The number of hydrogen-bond acceptors (Lipinski definition) is 3. The van der Waals surface area contributed by atoms with Crippen molar-refractivity contribution in [2.24, 2.45) is 5.84 Å². The summed E-state index contributed by atoms with van der Waals surface area (Å²) in [4.78, 5) is 3.97. The molecular formula is C14H16ClN3. The largest absolute Gasteiger partial charge is 0.271 e. The van der Waals surface area contributed by atoms with Gasteiger partial charge in [-0.15, -0.1) is 0 Å². The van der Waals surface area contributed by atoms with Crippen molar-refractivity contribution in [3.8, 4) is 0 Å². The van der Waals surface area contributed by atoms with Crippen molar-refractivity contribution < 1.29 is 0 Å². The molecule has 0 saturated heterocycles. The molecule has 1 aromatic heterocycles. The van der Waals surface area contributed by atoms with Crippen LogP contribution >= 0.6 is 11.6 Å². The predicted molar refractivity (Wildman–Crippen MR) is 74.2 cm³/mol. The molecule has 0 aliphatic carbocycles. The number of aryl methyl sites for hydroxylation is 1. The van der Waals surface area contributed by atoms with E-state index in [9.17, 15) is 0 Å². The standard InChI is InChI=1S/C14H16ClN3/c1-10-2-4-11(5-3-10)8-13(18-16)12-6-7-17-14(15)9-12/h2-7,9,13,18H,8,16H2,1H3.